The smallest absolute Gasteiger partial charge is 0.248 e. The van der Waals surface area contributed by atoms with Crippen LogP contribution in [0.3, 0.4) is 0 Å². The molecule has 0 spiro atoms. The summed E-state index contributed by atoms with van der Waals surface area (Å²) in [6.45, 7) is 0. The van der Waals surface area contributed by atoms with Crippen LogP contribution >= 0.6 is 0 Å². The lowest BCUT2D eigenvalue weighted by Crippen LogP contribution is -2.10. The Balaban J connectivity index is 1.82. The molecule has 0 aliphatic carbocycles. The minimum absolute atomic E-state index is 0.384. The molecule has 2 rings (SSSR count). The van der Waals surface area contributed by atoms with E-state index in [1.165, 1.54) is 11.1 Å². The van der Waals surface area contributed by atoms with Crippen LogP contribution in [0.25, 0.3) is 0 Å². The van der Waals surface area contributed by atoms with Crippen molar-refractivity contribution in [1.29, 1.82) is 0 Å². The normalized spacial score (nSPS) is 10.3. The Bertz CT molecular complexity index is 650. The van der Waals surface area contributed by atoms with Gasteiger partial charge in [0.2, 0.25) is 5.91 Å². The van der Waals surface area contributed by atoms with Crippen LogP contribution in [0.15, 0.2) is 42.5 Å². The second kappa shape index (κ2) is 8.22. The van der Waals surface area contributed by atoms with Crippen LogP contribution in [0.5, 0.6) is 11.5 Å². The molecule has 4 heteroatoms. The van der Waals surface area contributed by atoms with Gasteiger partial charge in [0.25, 0.3) is 0 Å². The highest BCUT2D eigenvalue weighted by Gasteiger charge is 2.05. The van der Waals surface area contributed by atoms with Gasteiger partial charge in [0, 0.05) is 5.56 Å². The Labute approximate surface area is 137 Å². The van der Waals surface area contributed by atoms with E-state index in [0.717, 1.165) is 37.2 Å². The minimum atomic E-state index is -0.384. The van der Waals surface area contributed by atoms with E-state index in [4.69, 9.17) is 15.2 Å². The molecule has 0 atom stereocenters. The molecule has 1 amide bonds. The largest absolute Gasteiger partial charge is 0.493 e. The van der Waals surface area contributed by atoms with Gasteiger partial charge in [-0.05, 0) is 61.1 Å². The van der Waals surface area contributed by atoms with E-state index in [1.54, 1.807) is 26.4 Å². The molecular formula is C19H23NO3. The Kier molecular flexibility index (Phi) is 6.03. The van der Waals surface area contributed by atoms with E-state index in [9.17, 15) is 4.79 Å². The second-order valence-corrected chi connectivity index (χ2v) is 5.46. The number of nitrogens with two attached hydrogens (primary N) is 1. The lowest BCUT2D eigenvalue weighted by Gasteiger charge is -2.09. The van der Waals surface area contributed by atoms with Crippen molar-refractivity contribution in [3.8, 4) is 11.5 Å². The predicted molar refractivity (Wildman–Crippen MR) is 91.1 cm³/mol. The van der Waals surface area contributed by atoms with Gasteiger partial charge in [-0.25, -0.2) is 0 Å². The third kappa shape index (κ3) is 4.74. The highest BCUT2D eigenvalue weighted by molar-refractivity contribution is 5.92. The average Bonchev–Trinajstić information content (AvgIpc) is 2.58. The topological polar surface area (TPSA) is 61.5 Å². The van der Waals surface area contributed by atoms with E-state index in [0.29, 0.717) is 5.56 Å². The molecule has 0 aliphatic rings. The van der Waals surface area contributed by atoms with Crippen LogP contribution < -0.4 is 15.2 Å². The van der Waals surface area contributed by atoms with Crippen LogP contribution in [-0.4, -0.2) is 20.1 Å². The molecule has 0 unspecified atom stereocenters. The first kappa shape index (κ1) is 16.9. The number of hydrogen-bond donors (Lipinski definition) is 1. The van der Waals surface area contributed by atoms with Gasteiger partial charge in [-0.3, -0.25) is 4.79 Å². The zero-order valence-electron chi connectivity index (χ0n) is 13.7. The minimum Gasteiger partial charge on any atom is -0.493 e. The van der Waals surface area contributed by atoms with E-state index in [-0.39, 0.29) is 5.91 Å². The number of benzene rings is 2. The molecule has 0 radical (unpaired) electrons. The SMILES string of the molecule is COc1ccc(CCCCc2ccc(C(N)=O)cc2)cc1OC. The number of amides is 1. The summed E-state index contributed by atoms with van der Waals surface area (Å²) in [4.78, 5) is 11.0. The van der Waals surface area contributed by atoms with Crippen molar-refractivity contribution < 1.29 is 14.3 Å². The van der Waals surface area contributed by atoms with Gasteiger partial charge < -0.3 is 15.2 Å². The van der Waals surface area contributed by atoms with E-state index >= 15 is 0 Å². The summed E-state index contributed by atoms with van der Waals surface area (Å²) in [5.41, 5.74) is 8.26. The first-order chi connectivity index (χ1) is 11.1. The summed E-state index contributed by atoms with van der Waals surface area (Å²) in [5.74, 6) is 1.14. The summed E-state index contributed by atoms with van der Waals surface area (Å²) in [6, 6.07) is 13.5. The molecular weight excluding hydrogens is 290 g/mol. The van der Waals surface area contributed by atoms with Crippen molar-refractivity contribution in [2.75, 3.05) is 14.2 Å². The molecule has 0 aromatic heterocycles. The second-order valence-electron chi connectivity index (χ2n) is 5.46. The van der Waals surface area contributed by atoms with Crippen LogP contribution in [0.2, 0.25) is 0 Å². The molecule has 2 aromatic rings. The summed E-state index contributed by atoms with van der Waals surface area (Å²) in [6.07, 6.45) is 4.17. The van der Waals surface area contributed by atoms with Gasteiger partial charge >= 0.3 is 0 Å². The molecule has 0 heterocycles. The molecule has 4 nitrogen and oxygen atoms in total. The number of methoxy groups -OCH3 is 2. The lowest BCUT2D eigenvalue weighted by atomic mass is 10.0. The molecule has 0 saturated heterocycles. The van der Waals surface area contributed by atoms with Gasteiger partial charge in [-0.1, -0.05) is 18.2 Å². The van der Waals surface area contributed by atoms with E-state index in [2.05, 4.69) is 6.07 Å². The number of unbranched alkanes of at least 4 members (excludes halogenated alkanes) is 1. The monoisotopic (exact) mass is 313 g/mol. The number of ether oxygens (including phenoxy) is 2. The van der Waals surface area contributed by atoms with Gasteiger partial charge in [0.1, 0.15) is 0 Å². The summed E-state index contributed by atoms with van der Waals surface area (Å²) in [7, 11) is 3.29. The first-order valence-corrected chi connectivity index (χ1v) is 7.73. The van der Waals surface area contributed by atoms with Crippen LogP contribution in [0.1, 0.15) is 34.3 Å². The van der Waals surface area contributed by atoms with Crippen molar-refractivity contribution in [3.63, 3.8) is 0 Å². The van der Waals surface area contributed by atoms with Crippen molar-refractivity contribution >= 4 is 5.91 Å². The lowest BCUT2D eigenvalue weighted by molar-refractivity contribution is 0.100. The quantitative estimate of drug-likeness (QED) is 0.760. The molecule has 0 fully saturated rings. The summed E-state index contributed by atoms with van der Waals surface area (Å²) in [5, 5.41) is 0. The fraction of sp³-hybridized carbons (Fsp3) is 0.316. The number of primary amides is 1. The van der Waals surface area contributed by atoms with Crippen LogP contribution in [0, 0.1) is 0 Å². The molecule has 2 aromatic carbocycles. The maximum atomic E-state index is 11.0. The Morgan fingerprint density at radius 2 is 1.43 bits per heavy atom. The molecule has 0 bridgehead atoms. The highest BCUT2D eigenvalue weighted by atomic mass is 16.5. The molecule has 0 aliphatic heterocycles. The first-order valence-electron chi connectivity index (χ1n) is 7.73. The Morgan fingerprint density at radius 3 is 2.00 bits per heavy atom. The van der Waals surface area contributed by atoms with Crippen molar-refractivity contribution in [3.05, 3.63) is 59.2 Å². The average molecular weight is 313 g/mol. The maximum Gasteiger partial charge on any atom is 0.248 e. The fourth-order valence-corrected chi connectivity index (χ4v) is 2.53. The highest BCUT2D eigenvalue weighted by Crippen LogP contribution is 2.28. The zero-order chi connectivity index (χ0) is 16.7. The van der Waals surface area contributed by atoms with Gasteiger partial charge in [-0.2, -0.15) is 0 Å². The number of aryl methyl sites for hydroxylation is 2. The molecule has 2 N–H and O–H groups in total. The van der Waals surface area contributed by atoms with Gasteiger partial charge in [0.15, 0.2) is 11.5 Å². The molecule has 0 saturated carbocycles. The number of rotatable bonds is 8. The summed E-state index contributed by atoms with van der Waals surface area (Å²) >= 11 is 0. The predicted octanol–water partition coefficient (Wildman–Crippen LogP) is 3.37. The third-order valence-electron chi connectivity index (χ3n) is 3.87. The van der Waals surface area contributed by atoms with Crippen LogP contribution in [-0.2, 0) is 12.8 Å². The molecule has 122 valence electrons. The van der Waals surface area contributed by atoms with Gasteiger partial charge in [0.05, 0.1) is 14.2 Å². The van der Waals surface area contributed by atoms with E-state index in [1.807, 2.05) is 24.3 Å². The Hall–Kier alpha value is -2.49. The maximum absolute atomic E-state index is 11.0. The Morgan fingerprint density at radius 1 is 0.870 bits per heavy atom. The number of hydrogen-bond acceptors (Lipinski definition) is 3. The van der Waals surface area contributed by atoms with Crippen LogP contribution in [0.4, 0.5) is 0 Å². The van der Waals surface area contributed by atoms with E-state index < -0.39 is 0 Å². The zero-order valence-corrected chi connectivity index (χ0v) is 13.7. The van der Waals surface area contributed by atoms with Gasteiger partial charge in [-0.15, -0.1) is 0 Å². The molecule has 23 heavy (non-hydrogen) atoms. The van der Waals surface area contributed by atoms with Crippen molar-refractivity contribution in [2.24, 2.45) is 5.73 Å². The number of carbonyl (C=O) groups is 1. The van der Waals surface area contributed by atoms with Crippen molar-refractivity contribution in [1.82, 2.24) is 0 Å². The fourth-order valence-electron chi connectivity index (χ4n) is 2.53. The van der Waals surface area contributed by atoms with Crippen molar-refractivity contribution in [2.45, 2.75) is 25.7 Å². The third-order valence-corrected chi connectivity index (χ3v) is 3.87. The number of carbonyl (C=O) groups excluding carboxylic acids is 1. The standard InChI is InChI=1S/C19H23NO3/c1-22-17-12-9-15(13-18(17)23-2)6-4-3-5-14-7-10-16(11-8-14)19(20)21/h7-13H,3-6H2,1-2H3,(H2,20,21). The summed E-state index contributed by atoms with van der Waals surface area (Å²) < 4.78 is 10.6.